The number of imide groups is 1. The minimum Gasteiger partial charge on any atom is -0.489 e. The summed E-state index contributed by atoms with van der Waals surface area (Å²) in [6.45, 7) is 2.26. The maximum absolute atomic E-state index is 12.6. The highest BCUT2D eigenvalue weighted by Gasteiger charge is 2.39. The molecule has 2 aliphatic rings. The lowest BCUT2D eigenvalue weighted by atomic mass is 9.93. The minimum atomic E-state index is -0.175. The molecule has 0 atom stereocenters. The summed E-state index contributed by atoms with van der Waals surface area (Å²) >= 11 is 5.93. The Morgan fingerprint density at radius 1 is 1.07 bits per heavy atom. The zero-order valence-corrected chi connectivity index (χ0v) is 15.8. The number of anilines is 1. The quantitative estimate of drug-likeness (QED) is 0.582. The zero-order valence-electron chi connectivity index (χ0n) is 15.0. The molecule has 0 saturated carbocycles. The molecule has 4 rings (SSSR count). The molecule has 1 aromatic carbocycles. The third-order valence-corrected chi connectivity index (χ3v) is 5.36. The Morgan fingerprint density at radius 2 is 1.70 bits per heavy atom. The summed E-state index contributed by atoms with van der Waals surface area (Å²) in [5, 5.41) is 0.486. The van der Waals surface area contributed by atoms with Gasteiger partial charge in [0.05, 0.1) is 5.69 Å². The van der Waals surface area contributed by atoms with Gasteiger partial charge >= 0.3 is 0 Å². The third kappa shape index (κ3) is 3.35. The second kappa shape index (κ2) is 7.16. The van der Waals surface area contributed by atoms with Crippen molar-refractivity contribution in [3.8, 4) is 5.75 Å². The number of pyridine rings is 1. The topological polar surface area (TPSA) is 59.5 Å². The predicted octanol–water partition coefficient (Wildman–Crippen LogP) is 4.37. The van der Waals surface area contributed by atoms with Crippen molar-refractivity contribution in [3.05, 3.63) is 64.0 Å². The first kappa shape index (κ1) is 17.7. The fourth-order valence-corrected chi connectivity index (χ4v) is 3.63. The molecule has 1 aliphatic heterocycles. The summed E-state index contributed by atoms with van der Waals surface area (Å²) < 4.78 is 5.77. The highest BCUT2D eigenvalue weighted by molar-refractivity contribution is 6.33. The van der Waals surface area contributed by atoms with Crippen LogP contribution in [0.1, 0.15) is 36.8 Å². The average molecular weight is 383 g/mol. The van der Waals surface area contributed by atoms with Gasteiger partial charge in [0.15, 0.2) is 0 Å². The number of benzene rings is 1. The number of aromatic nitrogens is 1. The maximum atomic E-state index is 12.6. The van der Waals surface area contributed by atoms with Crippen LogP contribution in [-0.4, -0.2) is 16.8 Å². The second-order valence-electron chi connectivity index (χ2n) is 6.84. The summed E-state index contributed by atoms with van der Waals surface area (Å²) in [7, 11) is 0. The third-order valence-electron chi connectivity index (χ3n) is 4.96. The number of halogens is 1. The van der Waals surface area contributed by atoms with E-state index in [-0.39, 0.29) is 11.8 Å². The summed E-state index contributed by atoms with van der Waals surface area (Å²) in [6.07, 6.45) is 5.02. The van der Waals surface area contributed by atoms with Gasteiger partial charge in [-0.2, -0.15) is 0 Å². The van der Waals surface area contributed by atoms with E-state index >= 15 is 0 Å². The number of ether oxygens (including phenoxy) is 1. The lowest BCUT2D eigenvalue weighted by Gasteiger charge is -2.15. The van der Waals surface area contributed by atoms with Crippen LogP contribution in [0.3, 0.4) is 0 Å². The van der Waals surface area contributed by atoms with E-state index in [1.54, 1.807) is 30.5 Å². The molecular weight excluding hydrogens is 364 g/mol. The molecule has 0 bridgehead atoms. The molecule has 0 N–H and O–H groups in total. The molecule has 0 spiro atoms. The standard InChI is InChI=1S/C21H19ClN2O3/c1-13-10-14(11-23-19(13)22)12-27-16-8-6-15(7-9-16)24-20(25)17-4-2-3-5-18(17)21(24)26/h6-11H,2-5,12H2,1H3. The highest BCUT2D eigenvalue weighted by atomic mass is 35.5. The molecule has 0 unspecified atom stereocenters. The van der Waals surface area contributed by atoms with Crippen LogP contribution in [0.25, 0.3) is 0 Å². The molecule has 1 aliphatic carbocycles. The number of rotatable bonds is 4. The molecular formula is C21H19ClN2O3. The molecule has 2 amide bonds. The van der Waals surface area contributed by atoms with E-state index in [4.69, 9.17) is 16.3 Å². The molecule has 0 fully saturated rings. The van der Waals surface area contributed by atoms with Crippen LogP contribution >= 0.6 is 11.6 Å². The lowest BCUT2D eigenvalue weighted by molar-refractivity contribution is -0.120. The normalized spacial score (nSPS) is 16.7. The summed E-state index contributed by atoms with van der Waals surface area (Å²) in [5.74, 6) is 0.306. The second-order valence-corrected chi connectivity index (χ2v) is 7.20. The first-order chi connectivity index (χ1) is 13.0. The number of carbonyl (C=O) groups excluding carboxylic acids is 2. The fraction of sp³-hybridized carbons (Fsp3) is 0.286. The SMILES string of the molecule is Cc1cc(COc2ccc(N3C(=O)C4=C(CCCC4)C3=O)cc2)cnc1Cl. The Kier molecular flexibility index (Phi) is 4.70. The van der Waals surface area contributed by atoms with Crippen molar-refractivity contribution in [1.29, 1.82) is 0 Å². The van der Waals surface area contributed by atoms with Crippen molar-refractivity contribution in [2.75, 3.05) is 4.90 Å². The van der Waals surface area contributed by atoms with Gasteiger partial charge in [-0.15, -0.1) is 0 Å². The number of amides is 2. The van der Waals surface area contributed by atoms with Crippen molar-refractivity contribution >= 4 is 29.1 Å². The molecule has 6 heteroatoms. The van der Waals surface area contributed by atoms with Crippen LogP contribution < -0.4 is 9.64 Å². The van der Waals surface area contributed by atoms with Crippen molar-refractivity contribution in [2.24, 2.45) is 0 Å². The summed E-state index contributed by atoms with van der Waals surface area (Å²) in [6, 6.07) is 8.96. The molecule has 138 valence electrons. The van der Waals surface area contributed by atoms with Gasteiger partial charge < -0.3 is 4.74 Å². The van der Waals surface area contributed by atoms with E-state index < -0.39 is 0 Å². The van der Waals surface area contributed by atoms with Crippen LogP contribution in [0.5, 0.6) is 5.75 Å². The Bertz CT molecular complexity index is 922. The van der Waals surface area contributed by atoms with Crippen molar-refractivity contribution in [2.45, 2.75) is 39.2 Å². The smallest absolute Gasteiger partial charge is 0.261 e. The molecule has 0 saturated heterocycles. The van der Waals surface area contributed by atoms with Gasteiger partial charge in [0.25, 0.3) is 11.8 Å². The first-order valence-electron chi connectivity index (χ1n) is 8.99. The van der Waals surface area contributed by atoms with Gasteiger partial charge in [-0.25, -0.2) is 9.88 Å². The number of carbonyl (C=O) groups is 2. The Hall–Kier alpha value is -2.66. The summed E-state index contributed by atoms with van der Waals surface area (Å²) in [5.41, 5.74) is 3.78. The van der Waals surface area contributed by atoms with Gasteiger partial charge in [-0.1, -0.05) is 11.6 Å². The van der Waals surface area contributed by atoms with Crippen molar-refractivity contribution < 1.29 is 14.3 Å². The van der Waals surface area contributed by atoms with Gasteiger partial charge in [0, 0.05) is 22.9 Å². The fourth-order valence-electron chi connectivity index (χ4n) is 3.53. The van der Waals surface area contributed by atoms with Crippen molar-refractivity contribution in [3.63, 3.8) is 0 Å². The number of nitrogens with zero attached hydrogens (tertiary/aromatic N) is 2. The Balaban J connectivity index is 1.45. The highest BCUT2D eigenvalue weighted by Crippen LogP contribution is 2.36. The minimum absolute atomic E-state index is 0.175. The molecule has 1 aromatic heterocycles. The average Bonchev–Trinajstić information content (AvgIpc) is 2.94. The summed E-state index contributed by atoms with van der Waals surface area (Å²) in [4.78, 5) is 30.6. The molecule has 27 heavy (non-hydrogen) atoms. The molecule has 2 aromatic rings. The van der Waals surface area contributed by atoms with Gasteiger partial charge in [-0.05, 0) is 68.5 Å². The van der Waals surface area contributed by atoms with Crippen LogP contribution in [0.4, 0.5) is 5.69 Å². The zero-order chi connectivity index (χ0) is 19.0. The monoisotopic (exact) mass is 382 g/mol. The van der Waals surface area contributed by atoms with E-state index in [9.17, 15) is 9.59 Å². The predicted molar refractivity (Wildman–Crippen MR) is 103 cm³/mol. The van der Waals surface area contributed by atoms with Crippen molar-refractivity contribution in [1.82, 2.24) is 4.98 Å². The molecule has 2 heterocycles. The molecule has 0 radical (unpaired) electrons. The lowest BCUT2D eigenvalue weighted by Crippen LogP contribution is -2.31. The number of hydrogen-bond donors (Lipinski definition) is 0. The maximum Gasteiger partial charge on any atom is 0.261 e. The van der Waals surface area contributed by atoms with E-state index in [0.29, 0.717) is 47.2 Å². The van der Waals surface area contributed by atoms with Gasteiger partial charge in [0.1, 0.15) is 17.5 Å². The van der Waals surface area contributed by atoms with Crippen LogP contribution in [-0.2, 0) is 16.2 Å². The number of hydrogen-bond acceptors (Lipinski definition) is 4. The van der Waals surface area contributed by atoms with E-state index in [1.165, 1.54) is 4.90 Å². The first-order valence-corrected chi connectivity index (χ1v) is 9.37. The van der Waals surface area contributed by atoms with E-state index in [2.05, 4.69) is 4.98 Å². The van der Waals surface area contributed by atoms with Gasteiger partial charge in [0.2, 0.25) is 0 Å². The molecule has 5 nitrogen and oxygen atoms in total. The van der Waals surface area contributed by atoms with Crippen LogP contribution in [0, 0.1) is 6.92 Å². The Labute approximate surface area is 162 Å². The van der Waals surface area contributed by atoms with Crippen LogP contribution in [0.15, 0.2) is 47.7 Å². The largest absolute Gasteiger partial charge is 0.489 e. The van der Waals surface area contributed by atoms with Crippen LogP contribution in [0.2, 0.25) is 5.15 Å². The van der Waals surface area contributed by atoms with E-state index in [0.717, 1.165) is 24.0 Å². The number of aryl methyl sites for hydroxylation is 1. The van der Waals surface area contributed by atoms with Gasteiger partial charge in [-0.3, -0.25) is 9.59 Å². The Morgan fingerprint density at radius 3 is 2.30 bits per heavy atom. The van der Waals surface area contributed by atoms with E-state index in [1.807, 2.05) is 13.0 Å².